The van der Waals surface area contributed by atoms with Crippen molar-refractivity contribution < 1.29 is 14.2 Å². The minimum atomic E-state index is 0.516. The van der Waals surface area contributed by atoms with Crippen LogP contribution in [0.1, 0.15) is 47.9 Å². The summed E-state index contributed by atoms with van der Waals surface area (Å²) >= 11 is 0. The molecule has 0 unspecified atom stereocenters. The van der Waals surface area contributed by atoms with Crippen LogP contribution in [0.4, 0.5) is 0 Å². The lowest BCUT2D eigenvalue weighted by atomic mass is 10.1. The molecule has 4 aromatic carbocycles. The van der Waals surface area contributed by atoms with E-state index in [1.165, 1.54) is 30.4 Å². The number of hydrogen-bond acceptors (Lipinski definition) is 4. The smallest absolute Gasteiger partial charge is 0.161 e. The van der Waals surface area contributed by atoms with Gasteiger partial charge in [0.05, 0.1) is 6.61 Å². The van der Waals surface area contributed by atoms with Gasteiger partial charge < -0.3 is 19.5 Å². The van der Waals surface area contributed by atoms with Crippen LogP contribution in [-0.4, -0.2) is 26.3 Å². The first-order valence-electron chi connectivity index (χ1n) is 14.7. The fourth-order valence-corrected chi connectivity index (χ4v) is 4.51. The van der Waals surface area contributed by atoms with Gasteiger partial charge in [-0.3, -0.25) is 0 Å². The van der Waals surface area contributed by atoms with E-state index < -0.39 is 0 Å². The molecule has 4 aromatic rings. The second-order valence-electron chi connectivity index (χ2n) is 10.1. The van der Waals surface area contributed by atoms with Gasteiger partial charge in [-0.05, 0) is 73.2 Å². The fourth-order valence-electron chi connectivity index (χ4n) is 4.51. The average Bonchev–Trinajstić information content (AvgIpc) is 3.01. The van der Waals surface area contributed by atoms with E-state index in [2.05, 4.69) is 72.0 Å². The van der Waals surface area contributed by atoms with Crippen molar-refractivity contribution in [1.82, 2.24) is 5.32 Å². The predicted octanol–water partition coefficient (Wildman–Crippen LogP) is 7.80. The number of nitrogens with one attached hydrogen (secondary N) is 1. The number of rotatable bonds is 19. The van der Waals surface area contributed by atoms with E-state index in [0.717, 1.165) is 68.2 Å². The molecule has 0 aliphatic heterocycles. The van der Waals surface area contributed by atoms with Gasteiger partial charge >= 0.3 is 0 Å². The van der Waals surface area contributed by atoms with Gasteiger partial charge in [-0.1, -0.05) is 110 Å². The maximum absolute atomic E-state index is 6.23. The van der Waals surface area contributed by atoms with E-state index in [1.807, 2.05) is 42.5 Å². The number of ether oxygens (including phenoxy) is 3. The van der Waals surface area contributed by atoms with Crippen molar-refractivity contribution in [2.45, 2.75) is 51.7 Å². The normalized spacial score (nSPS) is 10.9. The molecule has 4 rings (SSSR count). The first kappa shape index (κ1) is 29.4. The maximum atomic E-state index is 6.23. The Balaban J connectivity index is 1.12. The lowest BCUT2D eigenvalue weighted by molar-refractivity contribution is 0.133. The molecule has 4 heteroatoms. The van der Waals surface area contributed by atoms with E-state index >= 15 is 0 Å². The van der Waals surface area contributed by atoms with Crippen molar-refractivity contribution in [3.63, 3.8) is 0 Å². The van der Waals surface area contributed by atoms with Crippen LogP contribution >= 0.6 is 0 Å². The summed E-state index contributed by atoms with van der Waals surface area (Å²) in [6.45, 7) is 4.70. The fraction of sp³-hybridized carbons (Fsp3) is 0.333. The largest absolute Gasteiger partial charge is 0.485 e. The van der Waals surface area contributed by atoms with Crippen molar-refractivity contribution in [2.24, 2.45) is 0 Å². The molecule has 0 saturated carbocycles. The molecular formula is C36H43NO3. The molecule has 0 atom stereocenters. The Morgan fingerprint density at radius 3 is 1.73 bits per heavy atom. The minimum absolute atomic E-state index is 0.516. The van der Waals surface area contributed by atoms with Crippen LogP contribution in [0.15, 0.2) is 109 Å². The standard InChI is InChI=1S/C36H43NO3/c1(2-13-26-38-27-23-31-14-6-3-7-15-31)12-24-37-25-22-32-20-21-35(39-29-33-16-8-4-9-17-33)36(28-32)40-30-34-18-10-5-11-19-34/h3-11,14-21,28,37H,1-2,12-13,22-27,29-30H2. The topological polar surface area (TPSA) is 39.7 Å². The van der Waals surface area contributed by atoms with Crippen LogP contribution in [0.5, 0.6) is 11.5 Å². The first-order valence-corrected chi connectivity index (χ1v) is 14.7. The maximum Gasteiger partial charge on any atom is 0.161 e. The molecule has 0 aliphatic rings. The molecule has 0 radical (unpaired) electrons. The van der Waals surface area contributed by atoms with Gasteiger partial charge in [-0.15, -0.1) is 0 Å². The summed E-state index contributed by atoms with van der Waals surface area (Å²) in [6, 6.07) is 37.3. The molecule has 4 nitrogen and oxygen atoms in total. The van der Waals surface area contributed by atoms with Gasteiger partial charge in [0.25, 0.3) is 0 Å². The van der Waals surface area contributed by atoms with Crippen molar-refractivity contribution in [3.05, 3.63) is 131 Å². The van der Waals surface area contributed by atoms with Gasteiger partial charge in [0.2, 0.25) is 0 Å². The minimum Gasteiger partial charge on any atom is -0.485 e. The molecule has 0 aromatic heterocycles. The molecule has 0 aliphatic carbocycles. The van der Waals surface area contributed by atoms with Crippen molar-refractivity contribution in [2.75, 3.05) is 26.3 Å². The highest BCUT2D eigenvalue weighted by Crippen LogP contribution is 2.30. The highest BCUT2D eigenvalue weighted by atomic mass is 16.5. The van der Waals surface area contributed by atoms with E-state index in [-0.39, 0.29) is 0 Å². The third-order valence-electron chi connectivity index (χ3n) is 6.84. The monoisotopic (exact) mass is 537 g/mol. The molecule has 40 heavy (non-hydrogen) atoms. The quantitative estimate of drug-likeness (QED) is 0.124. The molecule has 0 saturated heterocycles. The predicted molar refractivity (Wildman–Crippen MR) is 164 cm³/mol. The molecule has 210 valence electrons. The van der Waals surface area contributed by atoms with Crippen molar-refractivity contribution in [1.29, 1.82) is 0 Å². The summed E-state index contributed by atoms with van der Waals surface area (Å²) in [4.78, 5) is 0. The third-order valence-corrected chi connectivity index (χ3v) is 6.84. The Labute approximate surface area is 240 Å². The third kappa shape index (κ3) is 11.3. The molecule has 0 spiro atoms. The van der Waals surface area contributed by atoms with Crippen molar-refractivity contribution >= 4 is 0 Å². The Morgan fingerprint density at radius 2 is 1.05 bits per heavy atom. The van der Waals surface area contributed by atoms with Crippen LogP contribution < -0.4 is 14.8 Å². The summed E-state index contributed by atoms with van der Waals surface area (Å²) in [5.41, 5.74) is 4.87. The molecule has 0 amide bonds. The van der Waals surface area contributed by atoms with Crippen LogP contribution in [-0.2, 0) is 30.8 Å². The SMILES string of the molecule is c1ccc(CCOCCCCCCNCCc2ccc(OCc3ccccc3)c(OCc3ccccc3)c2)cc1. The summed E-state index contributed by atoms with van der Waals surface area (Å²) in [5.74, 6) is 1.57. The zero-order chi connectivity index (χ0) is 27.5. The summed E-state index contributed by atoms with van der Waals surface area (Å²) < 4.78 is 18.2. The lowest BCUT2D eigenvalue weighted by Gasteiger charge is -2.15. The highest BCUT2D eigenvalue weighted by Gasteiger charge is 2.08. The Bertz CT molecular complexity index is 1200. The summed E-state index contributed by atoms with van der Waals surface area (Å²) in [6.07, 6.45) is 6.74. The average molecular weight is 538 g/mol. The Morgan fingerprint density at radius 1 is 0.450 bits per heavy atom. The molecule has 0 heterocycles. The van der Waals surface area contributed by atoms with Gasteiger partial charge in [0.15, 0.2) is 11.5 Å². The molecule has 0 fully saturated rings. The van der Waals surface area contributed by atoms with E-state index in [9.17, 15) is 0 Å². The lowest BCUT2D eigenvalue weighted by Crippen LogP contribution is -2.18. The number of unbranched alkanes of at least 4 members (excludes halogenated alkanes) is 3. The van der Waals surface area contributed by atoms with Crippen LogP contribution in [0.25, 0.3) is 0 Å². The van der Waals surface area contributed by atoms with E-state index in [0.29, 0.717) is 13.2 Å². The van der Waals surface area contributed by atoms with E-state index in [1.54, 1.807) is 0 Å². The summed E-state index contributed by atoms with van der Waals surface area (Å²) in [5, 5.41) is 3.60. The zero-order valence-electron chi connectivity index (χ0n) is 23.6. The molecule has 1 N–H and O–H groups in total. The highest BCUT2D eigenvalue weighted by molar-refractivity contribution is 5.43. The van der Waals surface area contributed by atoms with Gasteiger partial charge in [0, 0.05) is 6.61 Å². The van der Waals surface area contributed by atoms with Crippen molar-refractivity contribution in [3.8, 4) is 11.5 Å². The van der Waals surface area contributed by atoms with Gasteiger partial charge in [-0.25, -0.2) is 0 Å². The zero-order valence-corrected chi connectivity index (χ0v) is 23.6. The Kier molecular flexibility index (Phi) is 13.1. The van der Waals surface area contributed by atoms with Crippen LogP contribution in [0.2, 0.25) is 0 Å². The second-order valence-corrected chi connectivity index (χ2v) is 10.1. The Hall–Kier alpha value is -3.60. The van der Waals surface area contributed by atoms with Crippen LogP contribution in [0.3, 0.4) is 0 Å². The first-order chi connectivity index (χ1) is 19.9. The van der Waals surface area contributed by atoms with Gasteiger partial charge in [-0.2, -0.15) is 0 Å². The molecular weight excluding hydrogens is 494 g/mol. The number of benzene rings is 4. The molecule has 0 bridgehead atoms. The number of hydrogen-bond donors (Lipinski definition) is 1. The van der Waals surface area contributed by atoms with Crippen LogP contribution in [0, 0.1) is 0 Å². The van der Waals surface area contributed by atoms with E-state index in [4.69, 9.17) is 14.2 Å². The second kappa shape index (κ2) is 17.9. The summed E-state index contributed by atoms with van der Waals surface area (Å²) in [7, 11) is 0. The van der Waals surface area contributed by atoms with Gasteiger partial charge in [0.1, 0.15) is 13.2 Å².